The van der Waals surface area contributed by atoms with Gasteiger partial charge in [-0.15, -0.1) is 0 Å². The Bertz CT molecular complexity index is 454. The van der Waals surface area contributed by atoms with Crippen LogP contribution in [0.5, 0.6) is 0 Å². The molecule has 1 aromatic carbocycles. The van der Waals surface area contributed by atoms with Crippen LogP contribution >= 0.6 is 0 Å². The van der Waals surface area contributed by atoms with Crippen molar-refractivity contribution in [2.75, 3.05) is 18.4 Å². The second-order valence-electron chi connectivity index (χ2n) is 5.77. The van der Waals surface area contributed by atoms with Gasteiger partial charge >= 0.3 is 0 Å². The van der Waals surface area contributed by atoms with Gasteiger partial charge in [0, 0.05) is 29.9 Å². The van der Waals surface area contributed by atoms with Crippen LogP contribution in [0.15, 0.2) is 24.3 Å². The molecule has 2 aliphatic heterocycles. The topological polar surface area (TPSA) is 32.3 Å². The predicted octanol–water partition coefficient (Wildman–Crippen LogP) is 2.93. The first-order valence-corrected chi connectivity index (χ1v) is 7.35. The molecule has 102 valence electrons. The molecule has 3 heteroatoms. The van der Waals surface area contributed by atoms with E-state index < -0.39 is 0 Å². The molecule has 0 amide bonds. The number of benzene rings is 1. The van der Waals surface area contributed by atoms with E-state index >= 15 is 0 Å². The Morgan fingerprint density at radius 1 is 1.16 bits per heavy atom. The molecule has 0 aliphatic carbocycles. The number of hydrogen-bond donors (Lipinski definition) is 1. The summed E-state index contributed by atoms with van der Waals surface area (Å²) in [6, 6.07) is 9.17. The number of nitrogens with one attached hydrogen (secondary N) is 1. The molecule has 0 bridgehead atoms. The highest BCUT2D eigenvalue weighted by atomic mass is 16.1. The lowest BCUT2D eigenvalue weighted by Gasteiger charge is -2.33. The average molecular weight is 258 g/mol. The minimum Gasteiger partial charge on any atom is -0.381 e. The van der Waals surface area contributed by atoms with Gasteiger partial charge in [0.15, 0.2) is 5.78 Å². The lowest BCUT2D eigenvalue weighted by Crippen LogP contribution is -2.41. The molecule has 0 aromatic heterocycles. The van der Waals surface area contributed by atoms with Crippen molar-refractivity contribution < 1.29 is 4.79 Å². The van der Waals surface area contributed by atoms with Crippen LogP contribution in [0.1, 0.15) is 43.0 Å². The Hall–Kier alpha value is -1.35. The molecule has 0 radical (unpaired) electrons. The molecular formula is C16H22N2O. The Morgan fingerprint density at radius 2 is 1.95 bits per heavy atom. The number of carbonyl (C=O) groups is 1. The van der Waals surface area contributed by atoms with Gasteiger partial charge in [-0.05, 0) is 57.0 Å². The number of hydrogen-bond acceptors (Lipinski definition) is 3. The van der Waals surface area contributed by atoms with E-state index in [9.17, 15) is 4.79 Å². The maximum atomic E-state index is 11.3. The normalized spacial score (nSPS) is 27.0. The molecule has 2 heterocycles. The maximum Gasteiger partial charge on any atom is 0.159 e. The van der Waals surface area contributed by atoms with Gasteiger partial charge in [-0.2, -0.15) is 0 Å². The number of ketones is 1. The molecule has 19 heavy (non-hydrogen) atoms. The number of rotatable bonds is 3. The number of nitrogens with zero attached hydrogens (tertiary/aromatic N) is 1. The monoisotopic (exact) mass is 258 g/mol. The van der Waals surface area contributed by atoms with Gasteiger partial charge in [-0.1, -0.05) is 6.42 Å². The van der Waals surface area contributed by atoms with Gasteiger partial charge in [-0.3, -0.25) is 9.69 Å². The summed E-state index contributed by atoms with van der Waals surface area (Å²) in [5.74, 6) is 0.130. The fraction of sp³-hybridized carbons (Fsp3) is 0.562. The van der Waals surface area contributed by atoms with E-state index in [4.69, 9.17) is 0 Å². The number of fused-ring (bicyclic) bond motifs is 1. The lowest BCUT2D eigenvalue weighted by atomic mass is 9.99. The number of piperidine rings is 1. The van der Waals surface area contributed by atoms with E-state index in [-0.39, 0.29) is 5.78 Å². The Kier molecular flexibility index (Phi) is 3.56. The number of Topliss-reactive ketones (excluding diaryl/α,β-unsaturated/α-hetero) is 1. The van der Waals surface area contributed by atoms with Gasteiger partial charge in [-0.25, -0.2) is 0 Å². The summed E-state index contributed by atoms with van der Waals surface area (Å²) < 4.78 is 0. The van der Waals surface area contributed by atoms with Gasteiger partial charge in [0.25, 0.3) is 0 Å². The van der Waals surface area contributed by atoms with Crippen molar-refractivity contribution in [3.8, 4) is 0 Å². The van der Waals surface area contributed by atoms with Crippen LogP contribution in [0.25, 0.3) is 0 Å². The third-order valence-electron chi connectivity index (χ3n) is 4.50. The minimum absolute atomic E-state index is 0.130. The van der Waals surface area contributed by atoms with E-state index in [2.05, 4.69) is 10.2 Å². The van der Waals surface area contributed by atoms with Crippen LogP contribution in [0.4, 0.5) is 5.69 Å². The van der Waals surface area contributed by atoms with Crippen molar-refractivity contribution in [2.24, 2.45) is 0 Å². The van der Waals surface area contributed by atoms with E-state index in [1.807, 2.05) is 24.3 Å². The zero-order valence-corrected chi connectivity index (χ0v) is 11.6. The molecule has 3 nitrogen and oxygen atoms in total. The van der Waals surface area contributed by atoms with Crippen molar-refractivity contribution in [2.45, 2.75) is 44.7 Å². The Balaban J connectivity index is 1.66. The molecule has 0 saturated carbocycles. The van der Waals surface area contributed by atoms with Crippen molar-refractivity contribution in [1.29, 1.82) is 0 Å². The Labute approximate surface area is 115 Å². The largest absolute Gasteiger partial charge is 0.381 e. The zero-order valence-electron chi connectivity index (χ0n) is 11.6. The number of anilines is 1. The summed E-state index contributed by atoms with van der Waals surface area (Å²) >= 11 is 0. The van der Waals surface area contributed by atoms with E-state index in [0.717, 1.165) is 11.3 Å². The first kappa shape index (κ1) is 12.7. The van der Waals surface area contributed by atoms with Gasteiger partial charge in [0.1, 0.15) is 0 Å². The highest BCUT2D eigenvalue weighted by Crippen LogP contribution is 2.29. The summed E-state index contributed by atoms with van der Waals surface area (Å²) in [5, 5.41) is 3.65. The van der Waals surface area contributed by atoms with Crippen LogP contribution in [0.3, 0.4) is 0 Å². The van der Waals surface area contributed by atoms with Crippen LogP contribution in [0, 0.1) is 0 Å². The number of carbonyl (C=O) groups excluding carboxylic acids is 1. The molecule has 2 aliphatic rings. The first-order valence-electron chi connectivity index (χ1n) is 7.35. The first-order chi connectivity index (χ1) is 9.24. The predicted molar refractivity (Wildman–Crippen MR) is 77.7 cm³/mol. The van der Waals surface area contributed by atoms with Crippen LogP contribution in [-0.2, 0) is 0 Å². The maximum absolute atomic E-state index is 11.3. The summed E-state index contributed by atoms with van der Waals surface area (Å²) in [7, 11) is 0. The van der Waals surface area contributed by atoms with Gasteiger partial charge in [0.05, 0.1) is 0 Å². The summed E-state index contributed by atoms with van der Waals surface area (Å²) in [5.41, 5.74) is 1.93. The molecule has 0 spiro atoms. The smallest absolute Gasteiger partial charge is 0.159 e. The molecule has 2 atom stereocenters. The fourth-order valence-corrected chi connectivity index (χ4v) is 3.43. The summed E-state index contributed by atoms with van der Waals surface area (Å²) in [6.07, 6.45) is 5.28. The summed E-state index contributed by atoms with van der Waals surface area (Å²) in [6.45, 7) is 4.11. The third-order valence-corrected chi connectivity index (χ3v) is 4.50. The van der Waals surface area contributed by atoms with Gasteiger partial charge in [0.2, 0.25) is 0 Å². The lowest BCUT2D eigenvalue weighted by molar-refractivity contribution is 0.101. The van der Waals surface area contributed by atoms with Crippen molar-refractivity contribution in [3.05, 3.63) is 29.8 Å². The zero-order chi connectivity index (χ0) is 13.2. The van der Waals surface area contributed by atoms with Crippen molar-refractivity contribution >= 4 is 11.5 Å². The standard InChI is InChI=1S/C16H22N2O/c1-12(19)13-5-7-14(8-6-13)17-15-9-11-18-10-3-2-4-16(15)18/h5-8,15-17H,2-4,9-11H2,1H3. The van der Waals surface area contributed by atoms with E-state index in [1.54, 1.807) is 6.92 Å². The third kappa shape index (κ3) is 2.66. The van der Waals surface area contributed by atoms with E-state index in [1.165, 1.54) is 38.8 Å². The van der Waals surface area contributed by atoms with E-state index in [0.29, 0.717) is 12.1 Å². The summed E-state index contributed by atoms with van der Waals surface area (Å²) in [4.78, 5) is 13.9. The molecule has 3 rings (SSSR count). The van der Waals surface area contributed by atoms with Crippen molar-refractivity contribution in [1.82, 2.24) is 4.90 Å². The molecular weight excluding hydrogens is 236 g/mol. The minimum atomic E-state index is 0.130. The molecule has 2 unspecified atom stereocenters. The molecule has 1 N–H and O–H groups in total. The van der Waals surface area contributed by atoms with Crippen molar-refractivity contribution in [3.63, 3.8) is 0 Å². The fourth-order valence-electron chi connectivity index (χ4n) is 3.43. The SMILES string of the molecule is CC(=O)c1ccc(NC2CCN3CCCCC23)cc1. The highest BCUT2D eigenvalue weighted by Gasteiger charge is 2.35. The van der Waals surface area contributed by atoms with Crippen LogP contribution in [0.2, 0.25) is 0 Å². The average Bonchev–Trinajstić information content (AvgIpc) is 2.83. The Morgan fingerprint density at radius 3 is 2.68 bits per heavy atom. The molecule has 2 saturated heterocycles. The molecule has 2 fully saturated rings. The second-order valence-corrected chi connectivity index (χ2v) is 5.77. The quantitative estimate of drug-likeness (QED) is 0.846. The highest BCUT2D eigenvalue weighted by molar-refractivity contribution is 5.94. The van der Waals surface area contributed by atoms with Gasteiger partial charge < -0.3 is 5.32 Å². The van der Waals surface area contributed by atoms with Crippen LogP contribution < -0.4 is 5.32 Å². The molecule has 1 aromatic rings. The second kappa shape index (κ2) is 5.33. The van der Waals surface area contributed by atoms with Crippen LogP contribution in [-0.4, -0.2) is 35.9 Å².